The number of hydrogen-bond acceptors (Lipinski definition) is 5. The topological polar surface area (TPSA) is 67.3 Å². The number of aromatic nitrogens is 2. The van der Waals surface area contributed by atoms with Gasteiger partial charge in [-0.1, -0.05) is 29.8 Å². The summed E-state index contributed by atoms with van der Waals surface area (Å²) in [5.41, 5.74) is 1.14. The summed E-state index contributed by atoms with van der Waals surface area (Å²) in [5, 5.41) is 4.14. The first-order valence-electron chi connectivity index (χ1n) is 9.22. The molecule has 2 aromatic rings. The number of likely N-dealkylation sites (tertiary alicyclic amines) is 1. The average molecular weight is 423 g/mol. The molecule has 28 heavy (non-hydrogen) atoms. The molecule has 1 atom stereocenters. The van der Waals surface area contributed by atoms with E-state index in [1.807, 2.05) is 45.0 Å². The molecule has 1 saturated heterocycles. The van der Waals surface area contributed by atoms with Gasteiger partial charge in [-0.3, -0.25) is 0 Å². The fraction of sp³-hybridized carbons (Fsp3) is 0.450. The van der Waals surface area contributed by atoms with Gasteiger partial charge in [0.2, 0.25) is 5.28 Å². The van der Waals surface area contributed by atoms with E-state index in [1.165, 1.54) is 0 Å². The van der Waals surface area contributed by atoms with E-state index in [2.05, 4.69) is 15.3 Å². The number of nitrogens with zero attached hydrogens (tertiary/aromatic N) is 3. The normalized spacial score (nSPS) is 16.9. The monoisotopic (exact) mass is 422 g/mol. The molecular weight excluding hydrogens is 399 g/mol. The SMILES string of the molecule is CC(C)(C)OC(=O)N1CCC(CNc2nc(Cl)ncc2-c2ccccc2Cl)C1. The first-order valence-corrected chi connectivity index (χ1v) is 9.98. The van der Waals surface area contributed by atoms with Crippen LogP contribution in [0, 0.1) is 5.92 Å². The van der Waals surface area contributed by atoms with Crippen LogP contribution in [0.5, 0.6) is 0 Å². The molecule has 1 N–H and O–H groups in total. The summed E-state index contributed by atoms with van der Waals surface area (Å²) in [6.07, 6.45) is 2.30. The molecule has 8 heteroatoms. The second kappa shape index (κ2) is 8.53. The zero-order chi connectivity index (χ0) is 20.3. The van der Waals surface area contributed by atoms with Gasteiger partial charge in [-0.25, -0.2) is 14.8 Å². The second-order valence-corrected chi connectivity index (χ2v) is 8.59. The number of benzene rings is 1. The van der Waals surface area contributed by atoms with Gasteiger partial charge >= 0.3 is 6.09 Å². The quantitative estimate of drug-likeness (QED) is 0.692. The lowest BCUT2D eigenvalue weighted by Gasteiger charge is -2.24. The maximum atomic E-state index is 12.2. The molecule has 1 aliphatic heterocycles. The fourth-order valence-corrected chi connectivity index (χ4v) is 3.48. The van der Waals surface area contributed by atoms with Crippen molar-refractivity contribution in [3.8, 4) is 11.1 Å². The summed E-state index contributed by atoms with van der Waals surface area (Å²) in [7, 11) is 0. The Morgan fingerprint density at radius 2 is 2.04 bits per heavy atom. The van der Waals surface area contributed by atoms with Gasteiger partial charge in [-0.15, -0.1) is 0 Å². The van der Waals surface area contributed by atoms with Crippen LogP contribution >= 0.6 is 23.2 Å². The van der Waals surface area contributed by atoms with Crippen molar-refractivity contribution in [2.75, 3.05) is 25.0 Å². The maximum Gasteiger partial charge on any atom is 0.410 e. The Bertz CT molecular complexity index is 854. The number of nitrogens with one attached hydrogen (secondary N) is 1. The molecule has 0 saturated carbocycles. The van der Waals surface area contributed by atoms with Crippen LogP contribution in [-0.2, 0) is 4.74 Å². The molecule has 1 fully saturated rings. The highest BCUT2D eigenvalue weighted by molar-refractivity contribution is 6.33. The van der Waals surface area contributed by atoms with Crippen LogP contribution in [0.15, 0.2) is 30.5 Å². The van der Waals surface area contributed by atoms with E-state index >= 15 is 0 Å². The number of anilines is 1. The molecule has 6 nitrogen and oxygen atoms in total. The smallest absolute Gasteiger partial charge is 0.410 e. The molecule has 1 amide bonds. The number of halogens is 2. The van der Waals surface area contributed by atoms with Crippen LogP contribution in [0.1, 0.15) is 27.2 Å². The van der Waals surface area contributed by atoms with E-state index in [0.717, 1.165) is 17.5 Å². The molecular formula is C20H24Cl2N4O2. The third kappa shape index (κ3) is 5.26. The Kier molecular flexibility index (Phi) is 6.30. The van der Waals surface area contributed by atoms with Crippen molar-refractivity contribution in [3.05, 3.63) is 40.8 Å². The summed E-state index contributed by atoms with van der Waals surface area (Å²) >= 11 is 12.3. The highest BCUT2D eigenvalue weighted by atomic mass is 35.5. The largest absolute Gasteiger partial charge is 0.444 e. The van der Waals surface area contributed by atoms with Crippen LogP contribution in [0.4, 0.5) is 10.6 Å². The Morgan fingerprint density at radius 1 is 1.29 bits per heavy atom. The predicted molar refractivity (Wildman–Crippen MR) is 112 cm³/mol. The molecule has 3 rings (SSSR count). The van der Waals surface area contributed by atoms with E-state index in [4.69, 9.17) is 27.9 Å². The number of amides is 1. The minimum atomic E-state index is -0.491. The number of carbonyl (C=O) groups excluding carboxylic acids is 1. The van der Waals surface area contributed by atoms with E-state index in [0.29, 0.717) is 36.4 Å². The summed E-state index contributed by atoms with van der Waals surface area (Å²) in [6.45, 7) is 7.59. The standard InChI is InChI=1S/C20H24Cl2N4O2/c1-20(2,3)28-19(27)26-9-8-13(12-26)10-23-17-15(11-24-18(22)25-17)14-6-4-5-7-16(14)21/h4-7,11,13H,8-10,12H2,1-3H3,(H,23,24,25). The number of rotatable bonds is 4. The summed E-state index contributed by atoms with van der Waals surface area (Å²) in [4.78, 5) is 22.4. The first-order chi connectivity index (χ1) is 13.2. The molecule has 0 spiro atoms. The third-order valence-corrected chi connectivity index (χ3v) is 4.93. The van der Waals surface area contributed by atoms with Crippen LogP contribution < -0.4 is 5.32 Å². The van der Waals surface area contributed by atoms with Crippen molar-refractivity contribution < 1.29 is 9.53 Å². The fourth-order valence-electron chi connectivity index (χ4n) is 3.10. The molecule has 150 valence electrons. The van der Waals surface area contributed by atoms with Crippen molar-refractivity contribution in [2.24, 2.45) is 5.92 Å². The Labute approximate surface area is 175 Å². The minimum absolute atomic E-state index is 0.167. The molecule has 0 aliphatic carbocycles. The lowest BCUT2D eigenvalue weighted by atomic mass is 10.1. The molecule has 1 aromatic heterocycles. The van der Waals surface area contributed by atoms with Crippen LogP contribution in [0.2, 0.25) is 10.3 Å². The van der Waals surface area contributed by atoms with Crippen molar-refractivity contribution >= 4 is 35.1 Å². The Morgan fingerprint density at radius 3 is 2.75 bits per heavy atom. The summed E-state index contributed by atoms with van der Waals surface area (Å²) in [6, 6.07) is 7.53. The lowest BCUT2D eigenvalue weighted by Crippen LogP contribution is -2.35. The van der Waals surface area contributed by atoms with Crippen molar-refractivity contribution in [1.29, 1.82) is 0 Å². The Hall–Kier alpha value is -2.05. The highest BCUT2D eigenvalue weighted by Crippen LogP contribution is 2.32. The predicted octanol–water partition coefficient (Wildman–Crippen LogP) is 5.12. The van der Waals surface area contributed by atoms with E-state index < -0.39 is 5.60 Å². The molecule has 1 aromatic carbocycles. The third-order valence-electron chi connectivity index (χ3n) is 4.42. The zero-order valence-corrected chi connectivity index (χ0v) is 17.7. The van der Waals surface area contributed by atoms with Crippen LogP contribution in [-0.4, -0.2) is 46.2 Å². The molecule has 1 aliphatic rings. The average Bonchev–Trinajstić information content (AvgIpc) is 3.09. The number of carbonyl (C=O) groups is 1. The van der Waals surface area contributed by atoms with E-state index in [9.17, 15) is 4.79 Å². The minimum Gasteiger partial charge on any atom is -0.444 e. The number of hydrogen-bond donors (Lipinski definition) is 1. The van der Waals surface area contributed by atoms with Gasteiger partial charge in [0.25, 0.3) is 0 Å². The second-order valence-electron chi connectivity index (χ2n) is 7.84. The van der Waals surface area contributed by atoms with Gasteiger partial charge in [0.15, 0.2) is 0 Å². The van der Waals surface area contributed by atoms with Crippen LogP contribution in [0.3, 0.4) is 0 Å². The molecule has 2 heterocycles. The first kappa shape index (κ1) is 20.7. The van der Waals surface area contributed by atoms with Crippen molar-refractivity contribution in [3.63, 3.8) is 0 Å². The maximum absolute atomic E-state index is 12.2. The van der Waals surface area contributed by atoms with Gasteiger partial charge in [-0.2, -0.15) is 0 Å². The van der Waals surface area contributed by atoms with Crippen LogP contribution in [0.25, 0.3) is 11.1 Å². The zero-order valence-electron chi connectivity index (χ0n) is 16.2. The van der Waals surface area contributed by atoms with E-state index in [-0.39, 0.29) is 11.4 Å². The highest BCUT2D eigenvalue weighted by Gasteiger charge is 2.29. The van der Waals surface area contributed by atoms with Gasteiger partial charge in [0.1, 0.15) is 11.4 Å². The molecule has 1 unspecified atom stereocenters. The molecule has 0 bridgehead atoms. The van der Waals surface area contributed by atoms with E-state index in [1.54, 1.807) is 11.1 Å². The lowest BCUT2D eigenvalue weighted by molar-refractivity contribution is 0.0289. The van der Waals surface area contributed by atoms with Crippen molar-refractivity contribution in [1.82, 2.24) is 14.9 Å². The molecule has 0 radical (unpaired) electrons. The summed E-state index contributed by atoms with van der Waals surface area (Å²) < 4.78 is 5.45. The summed E-state index contributed by atoms with van der Waals surface area (Å²) in [5.74, 6) is 0.921. The van der Waals surface area contributed by atoms with Crippen molar-refractivity contribution in [2.45, 2.75) is 32.8 Å². The number of ether oxygens (including phenoxy) is 1. The Balaban J connectivity index is 1.67. The van der Waals surface area contributed by atoms with Gasteiger partial charge in [0, 0.05) is 42.0 Å². The van der Waals surface area contributed by atoms with Gasteiger partial charge in [0.05, 0.1) is 0 Å². The van der Waals surface area contributed by atoms with Gasteiger partial charge < -0.3 is 15.0 Å². The van der Waals surface area contributed by atoms with Gasteiger partial charge in [-0.05, 0) is 50.8 Å².